The van der Waals surface area contributed by atoms with Crippen LogP contribution in [0.4, 0.5) is 0 Å². The molecule has 18 heavy (non-hydrogen) atoms. The molecule has 0 saturated heterocycles. The summed E-state index contributed by atoms with van der Waals surface area (Å²) in [5, 5.41) is 1.07. The summed E-state index contributed by atoms with van der Waals surface area (Å²) in [6, 6.07) is 14.7. The number of benzene rings is 2. The number of hydrogen-bond donors (Lipinski definition) is 0. The standard InChI is InChI=1S/C15H12ClNS/c1-10-2-7-14-13(8-10)17-15(18-14)12-5-3-11(9-16)4-6-12/h2-8H,9H2,1H3. The van der Waals surface area contributed by atoms with Crippen molar-refractivity contribution >= 4 is 33.2 Å². The van der Waals surface area contributed by atoms with Crippen molar-refractivity contribution in [3.63, 3.8) is 0 Å². The Morgan fingerprint density at radius 1 is 1.11 bits per heavy atom. The van der Waals surface area contributed by atoms with E-state index in [2.05, 4.69) is 54.4 Å². The second-order valence-electron chi connectivity index (χ2n) is 4.32. The second kappa shape index (κ2) is 4.71. The van der Waals surface area contributed by atoms with Gasteiger partial charge in [0.05, 0.1) is 10.2 Å². The number of alkyl halides is 1. The minimum atomic E-state index is 0.555. The van der Waals surface area contributed by atoms with Crippen molar-refractivity contribution < 1.29 is 0 Å². The summed E-state index contributed by atoms with van der Waals surface area (Å²) in [6.07, 6.45) is 0. The molecule has 1 heterocycles. The van der Waals surface area contributed by atoms with E-state index in [1.807, 2.05) is 0 Å². The van der Waals surface area contributed by atoms with E-state index in [-0.39, 0.29) is 0 Å². The number of hydrogen-bond acceptors (Lipinski definition) is 2. The zero-order valence-corrected chi connectivity index (χ0v) is 11.6. The van der Waals surface area contributed by atoms with Crippen molar-refractivity contribution in [2.45, 2.75) is 12.8 Å². The molecule has 0 unspecified atom stereocenters. The third kappa shape index (κ3) is 2.14. The first kappa shape index (κ1) is 11.7. The van der Waals surface area contributed by atoms with E-state index in [0.717, 1.165) is 21.7 Å². The fourth-order valence-corrected chi connectivity index (χ4v) is 3.03. The lowest BCUT2D eigenvalue weighted by Gasteiger charge is -1.97. The maximum atomic E-state index is 5.79. The highest BCUT2D eigenvalue weighted by atomic mass is 35.5. The molecule has 1 aromatic heterocycles. The maximum Gasteiger partial charge on any atom is 0.124 e. The molecule has 0 spiro atoms. The van der Waals surface area contributed by atoms with Gasteiger partial charge in [-0.15, -0.1) is 22.9 Å². The SMILES string of the molecule is Cc1ccc2sc(-c3ccc(CCl)cc3)nc2c1. The van der Waals surface area contributed by atoms with Gasteiger partial charge in [-0.3, -0.25) is 0 Å². The van der Waals surface area contributed by atoms with Crippen molar-refractivity contribution in [1.29, 1.82) is 0 Å². The van der Waals surface area contributed by atoms with Crippen LogP contribution >= 0.6 is 22.9 Å². The summed E-state index contributed by atoms with van der Waals surface area (Å²) in [5.41, 5.74) is 4.62. The summed E-state index contributed by atoms with van der Waals surface area (Å²) in [6.45, 7) is 2.09. The number of aryl methyl sites for hydroxylation is 1. The molecule has 1 nitrogen and oxygen atoms in total. The van der Waals surface area contributed by atoms with E-state index >= 15 is 0 Å². The molecule has 0 aliphatic carbocycles. The van der Waals surface area contributed by atoms with E-state index in [9.17, 15) is 0 Å². The van der Waals surface area contributed by atoms with Crippen LogP contribution in [0.5, 0.6) is 0 Å². The zero-order valence-electron chi connectivity index (χ0n) is 9.98. The monoisotopic (exact) mass is 273 g/mol. The summed E-state index contributed by atoms with van der Waals surface area (Å²) < 4.78 is 1.23. The Kier molecular flexibility index (Phi) is 3.06. The lowest BCUT2D eigenvalue weighted by molar-refractivity contribution is 1.39. The number of nitrogens with zero attached hydrogens (tertiary/aromatic N) is 1. The van der Waals surface area contributed by atoms with Gasteiger partial charge in [-0.25, -0.2) is 4.98 Å². The first-order chi connectivity index (χ1) is 8.76. The van der Waals surface area contributed by atoms with Crippen LogP contribution in [0.2, 0.25) is 0 Å². The average molecular weight is 274 g/mol. The second-order valence-corrected chi connectivity index (χ2v) is 5.62. The Morgan fingerprint density at radius 2 is 1.89 bits per heavy atom. The Hall–Kier alpha value is -1.38. The van der Waals surface area contributed by atoms with E-state index in [1.165, 1.54) is 10.3 Å². The molecule has 0 atom stereocenters. The Bertz CT molecular complexity index is 685. The molecular formula is C15H12ClNS. The van der Waals surface area contributed by atoms with Gasteiger partial charge in [-0.1, -0.05) is 30.3 Å². The molecule has 0 saturated carbocycles. The molecule has 2 aromatic carbocycles. The first-order valence-corrected chi connectivity index (χ1v) is 7.14. The van der Waals surface area contributed by atoms with Crippen LogP contribution in [0.1, 0.15) is 11.1 Å². The smallest absolute Gasteiger partial charge is 0.124 e. The van der Waals surface area contributed by atoms with E-state index in [0.29, 0.717) is 5.88 Å². The van der Waals surface area contributed by atoms with Crippen LogP contribution in [-0.2, 0) is 5.88 Å². The van der Waals surface area contributed by atoms with Gasteiger partial charge in [0.15, 0.2) is 0 Å². The van der Waals surface area contributed by atoms with Gasteiger partial charge in [0.25, 0.3) is 0 Å². The van der Waals surface area contributed by atoms with Crippen LogP contribution in [0, 0.1) is 6.92 Å². The Labute approximate surface area is 115 Å². The fraction of sp³-hybridized carbons (Fsp3) is 0.133. The maximum absolute atomic E-state index is 5.79. The molecule has 0 fully saturated rings. The molecule has 0 amide bonds. The van der Waals surface area contributed by atoms with Crippen molar-refractivity contribution in [3.05, 3.63) is 53.6 Å². The zero-order chi connectivity index (χ0) is 12.5. The molecule has 3 rings (SSSR count). The molecule has 3 aromatic rings. The van der Waals surface area contributed by atoms with Gasteiger partial charge in [-0.2, -0.15) is 0 Å². The van der Waals surface area contributed by atoms with Gasteiger partial charge >= 0.3 is 0 Å². The summed E-state index contributed by atoms with van der Waals surface area (Å²) in [4.78, 5) is 4.68. The predicted molar refractivity (Wildman–Crippen MR) is 79.4 cm³/mol. The lowest BCUT2D eigenvalue weighted by Crippen LogP contribution is -1.79. The topological polar surface area (TPSA) is 12.9 Å². The highest BCUT2D eigenvalue weighted by Gasteiger charge is 2.06. The van der Waals surface area contributed by atoms with Crippen molar-refractivity contribution in [3.8, 4) is 10.6 Å². The minimum absolute atomic E-state index is 0.555. The lowest BCUT2D eigenvalue weighted by atomic mass is 10.1. The summed E-state index contributed by atoms with van der Waals surface area (Å²) in [5.74, 6) is 0.555. The van der Waals surface area contributed by atoms with Crippen LogP contribution in [0.3, 0.4) is 0 Å². The number of thiazole rings is 1. The molecule has 90 valence electrons. The van der Waals surface area contributed by atoms with Crippen molar-refractivity contribution in [2.75, 3.05) is 0 Å². The minimum Gasteiger partial charge on any atom is -0.236 e. The highest BCUT2D eigenvalue weighted by molar-refractivity contribution is 7.21. The van der Waals surface area contributed by atoms with Crippen molar-refractivity contribution in [1.82, 2.24) is 4.98 Å². The molecule has 0 aliphatic heterocycles. The quantitative estimate of drug-likeness (QED) is 0.598. The van der Waals surface area contributed by atoms with Gasteiger partial charge in [0.1, 0.15) is 5.01 Å². The third-order valence-electron chi connectivity index (χ3n) is 2.90. The molecule has 0 aliphatic rings. The van der Waals surface area contributed by atoms with Gasteiger partial charge < -0.3 is 0 Å². The Balaban J connectivity index is 2.07. The summed E-state index contributed by atoms with van der Waals surface area (Å²) >= 11 is 7.52. The average Bonchev–Trinajstić information content (AvgIpc) is 2.81. The predicted octanol–water partition coefficient (Wildman–Crippen LogP) is 5.01. The van der Waals surface area contributed by atoms with Crippen molar-refractivity contribution in [2.24, 2.45) is 0 Å². The van der Waals surface area contributed by atoms with E-state index in [4.69, 9.17) is 11.6 Å². The number of rotatable bonds is 2. The molecule has 3 heteroatoms. The van der Waals surface area contributed by atoms with Gasteiger partial charge in [-0.05, 0) is 30.2 Å². The normalized spacial score (nSPS) is 11.0. The van der Waals surface area contributed by atoms with E-state index < -0.39 is 0 Å². The molecular weight excluding hydrogens is 262 g/mol. The molecule has 0 radical (unpaired) electrons. The van der Waals surface area contributed by atoms with Crippen LogP contribution in [0.25, 0.3) is 20.8 Å². The number of fused-ring (bicyclic) bond motifs is 1. The van der Waals surface area contributed by atoms with Crippen LogP contribution in [0.15, 0.2) is 42.5 Å². The number of aromatic nitrogens is 1. The largest absolute Gasteiger partial charge is 0.236 e. The number of halogens is 1. The van der Waals surface area contributed by atoms with Crippen LogP contribution in [-0.4, -0.2) is 4.98 Å². The molecule has 0 bridgehead atoms. The van der Waals surface area contributed by atoms with E-state index in [1.54, 1.807) is 11.3 Å². The molecule has 0 N–H and O–H groups in total. The van der Waals surface area contributed by atoms with Gasteiger partial charge in [0.2, 0.25) is 0 Å². The fourth-order valence-electron chi connectivity index (χ4n) is 1.90. The summed E-state index contributed by atoms with van der Waals surface area (Å²) in [7, 11) is 0. The van der Waals surface area contributed by atoms with Gasteiger partial charge in [0, 0.05) is 11.4 Å². The Morgan fingerprint density at radius 3 is 2.61 bits per heavy atom. The van der Waals surface area contributed by atoms with Crippen LogP contribution < -0.4 is 0 Å². The highest BCUT2D eigenvalue weighted by Crippen LogP contribution is 2.30. The third-order valence-corrected chi connectivity index (χ3v) is 4.29. The first-order valence-electron chi connectivity index (χ1n) is 5.79.